The highest BCUT2D eigenvalue weighted by Gasteiger charge is 2.35. The van der Waals surface area contributed by atoms with E-state index in [2.05, 4.69) is 10.3 Å². The highest BCUT2D eigenvalue weighted by molar-refractivity contribution is 5.95. The zero-order valence-electron chi connectivity index (χ0n) is 11.8. The molecule has 108 valence electrons. The van der Waals surface area contributed by atoms with Crippen LogP contribution >= 0.6 is 0 Å². The van der Waals surface area contributed by atoms with Crippen molar-refractivity contribution in [1.82, 2.24) is 4.98 Å². The van der Waals surface area contributed by atoms with Gasteiger partial charge in [0.2, 0.25) is 0 Å². The number of aromatic nitrogens is 1. The number of pyridine rings is 1. The summed E-state index contributed by atoms with van der Waals surface area (Å²) in [5.41, 5.74) is 0.981. The lowest BCUT2D eigenvalue weighted by atomic mass is 10.1. The molecule has 0 aliphatic carbocycles. The molecule has 0 atom stereocenters. The van der Waals surface area contributed by atoms with Crippen molar-refractivity contribution in [3.05, 3.63) is 29.5 Å². The quantitative estimate of drug-likeness (QED) is 0.911. The van der Waals surface area contributed by atoms with Crippen LogP contribution in [-0.4, -0.2) is 26.1 Å². The Kier molecular flexibility index (Phi) is 3.50. The van der Waals surface area contributed by atoms with Crippen molar-refractivity contribution in [2.75, 3.05) is 31.4 Å². The van der Waals surface area contributed by atoms with E-state index < -0.39 is 11.9 Å². The zero-order valence-corrected chi connectivity index (χ0v) is 11.8. The van der Waals surface area contributed by atoms with E-state index in [1.54, 1.807) is 19.2 Å². The molecule has 20 heavy (non-hydrogen) atoms. The number of hydrogen-bond donors (Lipinski definition) is 1. The molecule has 1 aromatic heterocycles. The number of alkyl halides is 3. The molecule has 0 spiro atoms. The first kappa shape index (κ1) is 14.4. The van der Waals surface area contributed by atoms with Gasteiger partial charge in [-0.3, -0.25) is 0 Å². The molecule has 2 rings (SSSR count). The minimum atomic E-state index is -4.45. The number of nitrogens with zero attached hydrogens (tertiary/aromatic N) is 2. The number of halogens is 3. The average Bonchev–Trinajstić information content (AvgIpc) is 2.36. The normalized spacial score (nSPS) is 11.8. The largest absolute Gasteiger partial charge is 0.433 e. The maximum Gasteiger partial charge on any atom is 0.433 e. The van der Waals surface area contributed by atoms with Gasteiger partial charge in [-0.15, -0.1) is 0 Å². The molecule has 0 unspecified atom stereocenters. The summed E-state index contributed by atoms with van der Waals surface area (Å²) in [4.78, 5) is 5.67. The molecular weight excluding hydrogens is 267 g/mol. The summed E-state index contributed by atoms with van der Waals surface area (Å²) in [6.45, 7) is 1.43. The smallest absolute Gasteiger partial charge is 0.387 e. The second-order valence-corrected chi connectivity index (χ2v) is 4.80. The van der Waals surface area contributed by atoms with Gasteiger partial charge in [-0.1, -0.05) is 0 Å². The Morgan fingerprint density at radius 1 is 1.20 bits per heavy atom. The molecule has 1 heterocycles. The summed E-state index contributed by atoms with van der Waals surface area (Å²) < 4.78 is 39.0. The van der Waals surface area contributed by atoms with Gasteiger partial charge in [-0.25, -0.2) is 4.98 Å². The first-order valence-corrected chi connectivity index (χ1v) is 6.12. The van der Waals surface area contributed by atoms with E-state index in [1.165, 1.54) is 6.92 Å². The van der Waals surface area contributed by atoms with Gasteiger partial charge < -0.3 is 10.2 Å². The number of hydrogen-bond acceptors (Lipinski definition) is 3. The van der Waals surface area contributed by atoms with Gasteiger partial charge in [-0.05, 0) is 25.1 Å². The predicted molar refractivity (Wildman–Crippen MR) is 75.4 cm³/mol. The Hall–Kier alpha value is -1.98. The third kappa shape index (κ3) is 2.37. The molecule has 0 saturated carbocycles. The van der Waals surface area contributed by atoms with Crippen molar-refractivity contribution < 1.29 is 13.2 Å². The van der Waals surface area contributed by atoms with Crippen LogP contribution in [0.2, 0.25) is 0 Å². The summed E-state index contributed by atoms with van der Waals surface area (Å²) in [6.07, 6.45) is -4.45. The SMILES string of the molecule is CNc1c(C)c(C(F)(F)F)nc2ccc(N(C)C)cc12. The van der Waals surface area contributed by atoms with Gasteiger partial charge in [0, 0.05) is 43.5 Å². The molecule has 0 saturated heterocycles. The maximum atomic E-state index is 13.0. The van der Waals surface area contributed by atoms with Crippen LogP contribution in [0.3, 0.4) is 0 Å². The Bertz CT molecular complexity index is 648. The first-order chi connectivity index (χ1) is 9.25. The fraction of sp³-hybridized carbons (Fsp3) is 0.357. The molecule has 3 nitrogen and oxygen atoms in total. The second-order valence-electron chi connectivity index (χ2n) is 4.80. The van der Waals surface area contributed by atoms with Gasteiger partial charge in [-0.2, -0.15) is 13.2 Å². The number of rotatable bonds is 2. The molecule has 0 fully saturated rings. The van der Waals surface area contributed by atoms with Crippen LogP contribution in [-0.2, 0) is 6.18 Å². The van der Waals surface area contributed by atoms with Crippen molar-refractivity contribution in [3.8, 4) is 0 Å². The topological polar surface area (TPSA) is 28.2 Å². The summed E-state index contributed by atoms with van der Waals surface area (Å²) in [6, 6.07) is 5.20. The van der Waals surface area contributed by atoms with E-state index >= 15 is 0 Å². The summed E-state index contributed by atoms with van der Waals surface area (Å²) in [7, 11) is 5.37. The molecule has 0 aliphatic heterocycles. The lowest BCUT2D eigenvalue weighted by molar-refractivity contribution is -0.141. The predicted octanol–water partition coefficient (Wildman–Crippen LogP) is 3.67. The van der Waals surface area contributed by atoms with Gasteiger partial charge in [0.25, 0.3) is 0 Å². The van der Waals surface area contributed by atoms with Gasteiger partial charge in [0.15, 0.2) is 0 Å². The number of anilines is 2. The van der Waals surface area contributed by atoms with Crippen molar-refractivity contribution in [2.24, 2.45) is 0 Å². The van der Waals surface area contributed by atoms with Crippen LogP contribution in [0.4, 0.5) is 24.5 Å². The summed E-state index contributed by atoms with van der Waals surface area (Å²) >= 11 is 0. The van der Waals surface area contributed by atoms with E-state index in [0.29, 0.717) is 16.6 Å². The zero-order chi connectivity index (χ0) is 15.1. The molecule has 0 amide bonds. The molecule has 0 aliphatic rings. The summed E-state index contributed by atoms with van der Waals surface area (Å²) in [5, 5.41) is 3.54. The fourth-order valence-electron chi connectivity index (χ4n) is 2.22. The van der Waals surface area contributed by atoms with Crippen molar-refractivity contribution in [3.63, 3.8) is 0 Å². The Labute approximate surface area is 115 Å². The molecular formula is C14H16F3N3. The monoisotopic (exact) mass is 283 g/mol. The van der Waals surface area contributed by atoms with E-state index in [-0.39, 0.29) is 5.56 Å². The van der Waals surface area contributed by atoms with E-state index in [0.717, 1.165) is 5.69 Å². The first-order valence-electron chi connectivity index (χ1n) is 6.12. The third-order valence-corrected chi connectivity index (χ3v) is 3.25. The maximum absolute atomic E-state index is 13.0. The van der Waals surface area contributed by atoms with Crippen LogP contribution in [0.25, 0.3) is 10.9 Å². The fourth-order valence-corrected chi connectivity index (χ4v) is 2.22. The standard InChI is InChI=1S/C14H16F3N3/c1-8-12(18-2)10-7-9(20(3)4)5-6-11(10)19-13(8)14(15,16)17/h5-7H,1-4H3,(H,18,19). The van der Waals surface area contributed by atoms with Crippen molar-refractivity contribution in [1.29, 1.82) is 0 Å². The minimum Gasteiger partial charge on any atom is -0.387 e. The Morgan fingerprint density at radius 2 is 1.85 bits per heavy atom. The van der Waals surface area contributed by atoms with E-state index in [4.69, 9.17) is 0 Å². The van der Waals surface area contributed by atoms with Crippen LogP contribution in [0.15, 0.2) is 18.2 Å². The highest BCUT2D eigenvalue weighted by atomic mass is 19.4. The van der Waals surface area contributed by atoms with Crippen LogP contribution in [0.1, 0.15) is 11.3 Å². The minimum absolute atomic E-state index is 0.114. The number of fused-ring (bicyclic) bond motifs is 1. The molecule has 0 radical (unpaired) electrons. The van der Waals surface area contributed by atoms with Crippen molar-refractivity contribution >= 4 is 22.3 Å². The number of nitrogens with one attached hydrogen (secondary N) is 1. The lowest BCUT2D eigenvalue weighted by Crippen LogP contribution is -2.13. The lowest BCUT2D eigenvalue weighted by Gasteiger charge is -2.18. The van der Waals surface area contributed by atoms with Gasteiger partial charge >= 0.3 is 6.18 Å². The molecule has 0 bridgehead atoms. The van der Waals surface area contributed by atoms with Crippen LogP contribution in [0.5, 0.6) is 0 Å². The van der Waals surface area contributed by atoms with E-state index in [9.17, 15) is 13.2 Å². The van der Waals surface area contributed by atoms with E-state index in [1.807, 2.05) is 25.1 Å². The summed E-state index contributed by atoms with van der Waals surface area (Å²) in [5.74, 6) is 0. The molecule has 6 heteroatoms. The molecule has 1 N–H and O–H groups in total. The van der Waals surface area contributed by atoms with Gasteiger partial charge in [0.1, 0.15) is 5.69 Å². The second kappa shape index (κ2) is 4.85. The van der Waals surface area contributed by atoms with Gasteiger partial charge in [0.05, 0.1) is 5.52 Å². The number of benzene rings is 1. The third-order valence-electron chi connectivity index (χ3n) is 3.25. The Balaban J connectivity index is 2.81. The molecule has 2 aromatic rings. The van der Waals surface area contributed by atoms with Crippen LogP contribution in [0, 0.1) is 6.92 Å². The highest BCUT2D eigenvalue weighted by Crippen LogP contribution is 2.37. The Morgan fingerprint density at radius 3 is 2.35 bits per heavy atom. The average molecular weight is 283 g/mol. The van der Waals surface area contributed by atoms with Crippen LogP contribution < -0.4 is 10.2 Å². The molecule has 1 aromatic carbocycles. The van der Waals surface area contributed by atoms with Crippen molar-refractivity contribution in [2.45, 2.75) is 13.1 Å².